The molecular formula is C16H23NS. The van der Waals surface area contributed by atoms with E-state index in [2.05, 4.69) is 49.4 Å². The molecule has 0 bridgehead atoms. The maximum atomic E-state index is 5.31. The Hall–Kier alpha value is -0.910. The topological polar surface area (TPSA) is 12.0 Å². The molecule has 0 fully saturated rings. The van der Waals surface area contributed by atoms with Gasteiger partial charge in [0.25, 0.3) is 0 Å². The van der Waals surface area contributed by atoms with Crippen molar-refractivity contribution < 1.29 is 0 Å². The Balaban J connectivity index is 2.63. The van der Waals surface area contributed by atoms with Crippen LogP contribution in [0.15, 0.2) is 29.2 Å². The predicted octanol–water partition coefficient (Wildman–Crippen LogP) is 4.25. The number of unbranched alkanes of at least 4 members (excludes halogenated alkanes) is 1. The number of thioether (sulfide) groups is 1. The fourth-order valence-electron chi connectivity index (χ4n) is 2.00. The standard InChI is InChI=1S/C16H23NS/c1-4-7-8-9-16(17-5-2)14-10-12-15(13-11-14)18-6-3/h1,10-13,16-17H,5-9H2,2-3H3. The maximum absolute atomic E-state index is 5.31. The average molecular weight is 261 g/mol. The van der Waals surface area contributed by atoms with E-state index in [1.54, 1.807) is 0 Å². The second-order valence-electron chi connectivity index (χ2n) is 4.21. The molecule has 0 saturated carbocycles. The smallest absolute Gasteiger partial charge is 0.0320 e. The predicted molar refractivity (Wildman–Crippen MR) is 81.9 cm³/mol. The van der Waals surface area contributed by atoms with Crippen LogP contribution < -0.4 is 5.32 Å². The van der Waals surface area contributed by atoms with Gasteiger partial charge in [-0.05, 0) is 42.8 Å². The van der Waals surface area contributed by atoms with E-state index in [1.807, 2.05) is 11.8 Å². The van der Waals surface area contributed by atoms with Crippen LogP contribution in [-0.2, 0) is 0 Å². The van der Waals surface area contributed by atoms with Crippen LogP contribution in [0.3, 0.4) is 0 Å². The van der Waals surface area contributed by atoms with Gasteiger partial charge in [0, 0.05) is 17.4 Å². The molecule has 0 amide bonds. The lowest BCUT2D eigenvalue weighted by atomic mass is 10.0. The summed E-state index contributed by atoms with van der Waals surface area (Å²) in [6, 6.07) is 9.34. The van der Waals surface area contributed by atoms with Crippen molar-refractivity contribution >= 4 is 11.8 Å². The van der Waals surface area contributed by atoms with E-state index >= 15 is 0 Å². The minimum absolute atomic E-state index is 0.434. The fraction of sp³-hybridized carbons (Fsp3) is 0.500. The van der Waals surface area contributed by atoms with Gasteiger partial charge in [-0.1, -0.05) is 26.0 Å². The number of hydrogen-bond acceptors (Lipinski definition) is 2. The van der Waals surface area contributed by atoms with Gasteiger partial charge in [-0.3, -0.25) is 0 Å². The molecule has 0 aliphatic heterocycles. The van der Waals surface area contributed by atoms with E-state index in [4.69, 9.17) is 6.42 Å². The third kappa shape index (κ3) is 5.16. The first-order chi connectivity index (χ1) is 8.81. The highest BCUT2D eigenvalue weighted by molar-refractivity contribution is 7.99. The van der Waals surface area contributed by atoms with E-state index in [-0.39, 0.29) is 0 Å². The molecule has 98 valence electrons. The number of terminal acetylenes is 1. The first-order valence-corrected chi connectivity index (χ1v) is 7.70. The lowest BCUT2D eigenvalue weighted by Crippen LogP contribution is -2.20. The molecule has 1 rings (SSSR count). The normalized spacial score (nSPS) is 12.1. The molecule has 0 spiro atoms. The third-order valence-corrected chi connectivity index (χ3v) is 3.75. The second-order valence-corrected chi connectivity index (χ2v) is 5.55. The maximum Gasteiger partial charge on any atom is 0.0320 e. The Labute approximate surface area is 116 Å². The van der Waals surface area contributed by atoms with Gasteiger partial charge < -0.3 is 5.32 Å². The van der Waals surface area contributed by atoms with Crippen LogP contribution in [0, 0.1) is 12.3 Å². The summed E-state index contributed by atoms with van der Waals surface area (Å²) in [5, 5.41) is 3.53. The molecule has 1 N–H and O–H groups in total. The lowest BCUT2D eigenvalue weighted by molar-refractivity contribution is 0.501. The Morgan fingerprint density at radius 3 is 2.56 bits per heavy atom. The Morgan fingerprint density at radius 1 is 1.28 bits per heavy atom. The van der Waals surface area contributed by atoms with E-state index in [0.717, 1.165) is 31.6 Å². The molecule has 1 unspecified atom stereocenters. The van der Waals surface area contributed by atoms with Gasteiger partial charge in [-0.15, -0.1) is 24.1 Å². The van der Waals surface area contributed by atoms with Crippen molar-refractivity contribution in [1.82, 2.24) is 5.32 Å². The largest absolute Gasteiger partial charge is 0.310 e. The SMILES string of the molecule is C#CCCCC(NCC)c1ccc(SCC)cc1. The van der Waals surface area contributed by atoms with Crippen LogP contribution in [0.25, 0.3) is 0 Å². The highest BCUT2D eigenvalue weighted by Crippen LogP contribution is 2.23. The number of benzene rings is 1. The van der Waals surface area contributed by atoms with Crippen LogP contribution in [0.2, 0.25) is 0 Å². The van der Waals surface area contributed by atoms with E-state index in [1.165, 1.54) is 10.5 Å². The zero-order valence-corrected chi connectivity index (χ0v) is 12.2. The molecule has 0 saturated heterocycles. The van der Waals surface area contributed by atoms with Crippen molar-refractivity contribution in [1.29, 1.82) is 0 Å². The summed E-state index contributed by atoms with van der Waals surface area (Å²) in [5.74, 6) is 3.83. The minimum atomic E-state index is 0.434. The van der Waals surface area contributed by atoms with Gasteiger partial charge in [-0.2, -0.15) is 0 Å². The molecule has 1 atom stereocenters. The van der Waals surface area contributed by atoms with Gasteiger partial charge in [0.2, 0.25) is 0 Å². The Morgan fingerprint density at radius 2 is 2.00 bits per heavy atom. The van der Waals surface area contributed by atoms with Gasteiger partial charge in [-0.25, -0.2) is 0 Å². The fourth-order valence-corrected chi connectivity index (χ4v) is 2.67. The van der Waals surface area contributed by atoms with Crippen LogP contribution in [-0.4, -0.2) is 12.3 Å². The number of rotatable bonds is 8. The van der Waals surface area contributed by atoms with Crippen molar-refractivity contribution in [2.75, 3.05) is 12.3 Å². The van der Waals surface area contributed by atoms with Crippen molar-refractivity contribution in [2.24, 2.45) is 0 Å². The minimum Gasteiger partial charge on any atom is -0.310 e. The van der Waals surface area contributed by atoms with Crippen molar-refractivity contribution in [3.8, 4) is 12.3 Å². The number of nitrogens with one attached hydrogen (secondary N) is 1. The van der Waals surface area contributed by atoms with Gasteiger partial charge in [0.15, 0.2) is 0 Å². The van der Waals surface area contributed by atoms with E-state index in [0.29, 0.717) is 6.04 Å². The molecular weight excluding hydrogens is 238 g/mol. The average Bonchev–Trinajstić information content (AvgIpc) is 2.39. The summed E-state index contributed by atoms with van der Waals surface area (Å²) < 4.78 is 0. The van der Waals surface area contributed by atoms with E-state index < -0.39 is 0 Å². The Bertz CT molecular complexity index is 364. The molecule has 1 nitrogen and oxygen atoms in total. The first-order valence-electron chi connectivity index (χ1n) is 6.71. The van der Waals surface area contributed by atoms with Crippen molar-refractivity contribution in [2.45, 2.75) is 44.0 Å². The molecule has 2 heteroatoms. The molecule has 0 aliphatic carbocycles. The zero-order valence-electron chi connectivity index (χ0n) is 11.4. The third-order valence-electron chi connectivity index (χ3n) is 2.86. The molecule has 1 aromatic rings. The monoisotopic (exact) mass is 261 g/mol. The quantitative estimate of drug-likeness (QED) is 0.426. The second kappa shape index (κ2) is 9.08. The van der Waals surface area contributed by atoms with E-state index in [9.17, 15) is 0 Å². The highest BCUT2D eigenvalue weighted by Gasteiger charge is 2.09. The molecule has 0 heterocycles. The molecule has 1 aromatic carbocycles. The van der Waals surface area contributed by atoms with Crippen LogP contribution in [0.4, 0.5) is 0 Å². The first kappa shape index (κ1) is 15.1. The summed E-state index contributed by atoms with van der Waals surface area (Å²) in [5.41, 5.74) is 1.37. The molecule has 18 heavy (non-hydrogen) atoms. The summed E-state index contributed by atoms with van der Waals surface area (Å²) in [7, 11) is 0. The number of hydrogen-bond donors (Lipinski definition) is 1. The highest BCUT2D eigenvalue weighted by atomic mass is 32.2. The summed E-state index contributed by atoms with van der Waals surface area (Å²) in [6.45, 7) is 5.32. The van der Waals surface area contributed by atoms with Gasteiger partial charge in [0.1, 0.15) is 0 Å². The van der Waals surface area contributed by atoms with Crippen LogP contribution >= 0.6 is 11.8 Å². The van der Waals surface area contributed by atoms with Crippen molar-refractivity contribution in [3.63, 3.8) is 0 Å². The molecule has 0 aliphatic rings. The summed E-state index contributed by atoms with van der Waals surface area (Å²) in [6.07, 6.45) is 8.37. The Kier molecular flexibility index (Phi) is 7.64. The molecule has 0 aromatic heterocycles. The lowest BCUT2D eigenvalue weighted by Gasteiger charge is -2.18. The van der Waals surface area contributed by atoms with Crippen LogP contribution in [0.1, 0.15) is 44.7 Å². The zero-order chi connectivity index (χ0) is 13.2. The van der Waals surface area contributed by atoms with Crippen molar-refractivity contribution in [3.05, 3.63) is 29.8 Å². The van der Waals surface area contributed by atoms with Gasteiger partial charge >= 0.3 is 0 Å². The van der Waals surface area contributed by atoms with Gasteiger partial charge in [0.05, 0.1) is 0 Å². The van der Waals surface area contributed by atoms with Crippen LogP contribution in [0.5, 0.6) is 0 Å². The molecule has 0 radical (unpaired) electrons. The summed E-state index contributed by atoms with van der Waals surface area (Å²) >= 11 is 1.88. The summed E-state index contributed by atoms with van der Waals surface area (Å²) in [4.78, 5) is 1.35.